The van der Waals surface area contributed by atoms with Crippen LogP contribution in [0.4, 0.5) is 19.0 Å². The molecule has 11 heteroatoms. The third-order valence-electron chi connectivity index (χ3n) is 5.70. The number of benzene rings is 1. The van der Waals surface area contributed by atoms with E-state index in [4.69, 9.17) is 10.5 Å². The predicted molar refractivity (Wildman–Crippen MR) is 110 cm³/mol. The summed E-state index contributed by atoms with van der Waals surface area (Å²) in [6, 6.07) is 4.37. The molecular formula is C21H17F3N6O2. The smallest absolute Gasteiger partial charge is 0.416 e. The Balaban J connectivity index is 1.51. The van der Waals surface area contributed by atoms with E-state index in [9.17, 15) is 18.0 Å². The second-order valence-corrected chi connectivity index (χ2v) is 7.61. The van der Waals surface area contributed by atoms with Crippen molar-refractivity contribution in [1.82, 2.24) is 24.6 Å². The minimum atomic E-state index is -4.47. The van der Waals surface area contributed by atoms with E-state index in [2.05, 4.69) is 15.1 Å². The van der Waals surface area contributed by atoms with Crippen molar-refractivity contribution in [3.05, 3.63) is 53.5 Å². The molecule has 0 saturated carbocycles. The van der Waals surface area contributed by atoms with Crippen molar-refractivity contribution in [3.8, 4) is 5.75 Å². The van der Waals surface area contributed by atoms with Crippen LogP contribution in [-0.2, 0) is 13.2 Å². The fourth-order valence-electron chi connectivity index (χ4n) is 3.99. The molecule has 0 fully saturated rings. The third kappa shape index (κ3) is 3.00. The minimum Gasteiger partial charge on any atom is -0.491 e. The lowest BCUT2D eigenvalue weighted by Crippen LogP contribution is -2.32. The van der Waals surface area contributed by atoms with Gasteiger partial charge in [-0.05, 0) is 18.2 Å². The van der Waals surface area contributed by atoms with Crippen molar-refractivity contribution >= 4 is 33.5 Å². The minimum absolute atomic E-state index is 0.0521. The lowest BCUT2D eigenvalue weighted by atomic mass is 10.0. The van der Waals surface area contributed by atoms with Crippen molar-refractivity contribution in [2.75, 3.05) is 19.4 Å². The van der Waals surface area contributed by atoms with Gasteiger partial charge in [0.15, 0.2) is 0 Å². The van der Waals surface area contributed by atoms with E-state index in [0.717, 1.165) is 17.6 Å². The number of alkyl halides is 3. The molecule has 8 nitrogen and oxygen atoms in total. The molecule has 0 spiro atoms. The Kier molecular flexibility index (Phi) is 4.26. The number of rotatable bonds is 2. The van der Waals surface area contributed by atoms with E-state index >= 15 is 0 Å². The standard InChI is InChI=1S/C21H17F3N6O2/c1-29(16-9-32-17-5-10(21(22,23)24)3-4-11(16)17)20(31)14-6-12-15(8-26-14)28-19(25)13-7-27-30(2)18(12)13/h3-8,16H,9H2,1-2H3,(H2,25,28)/t16-/m1/s1. The summed E-state index contributed by atoms with van der Waals surface area (Å²) in [6.07, 6.45) is -1.40. The molecular weight excluding hydrogens is 425 g/mol. The van der Waals surface area contributed by atoms with Gasteiger partial charge in [0.25, 0.3) is 5.91 Å². The number of aromatic nitrogens is 4. The number of likely N-dealkylation sites (N-methyl/N-ethyl adjacent to an activating group) is 1. The van der Waals surface area contributed by atoms with Crippen molar-refractivity contribution in [2.45, 2.75) is 12.2 Å². The number of aryl methyl sites for hydroxylation is 1. The van der Waals surface area contributed by atoms with Crippen molar-refractivity contribution in [2.24, 2.45) is 7.05 Å². The predicted octanol–water partition coefficient (Wildman–Crippen LogP) is 3.32. The van der Waals surface area contributed by atoms with Gasteiger partial charge in [0.05, 0.1) is 40.4 Å². The lowest BCUT2D eigenvalue weighted by molar-refractivity contribution is -0.137. The second kappa shape index (κ2) is 6.81. The highest BCUT2D eigenvalue weighted by Crippen LogP contribution is 2.40. The van der Waals surface area contributed by atoms with Crippen molar-refractivity contribution in [1.29, 1.82) is 0 Å². The van der Waals surface area contributed by atoms with E-state index < -0.39 is 23.7 Å². The lowest BCUT2D eigenvalue weighted by Gasteiger charge is -2.23. The fraction of sp³-hybridized carbons (Fsp3) is 0.238. The SMILES string of the molecule is CN(C(=O)c1cc2c(cn1)nc(N)c1cnn(C)c12)[C@@H]1COc2cc(C(F)(F)F)ccc21. The molecule has 0 aliphatic carbocycles. The van der Waals surface area contributed by atoms with Crippen LogP contribution < -0.4 is 10.5 Å². The highest BCUT2D eigenvalue weighted by atomic mass is 19.4. The van der Waals surface area contributed by atoms with Crippen molar-refractivity contribution in [3.63, 3.8) is 0 Å². The van der Waals surface area contributed by atoms with Crippen LogP contribution in [0, 0.1) is 0 Å². The first-order valence-electron chi connectivity index (χ1n) is 9.63. The second-order valence-electron chi connectivity index (χ2n) is 7.61. The summed E-state index contributed by atoms with van der Waals surface area (Å²) in [5.41, 5.74) is 7.12. The Bertz CT molecular complexity index is 1400. The molecule has 1 amide bonds. The molecule has 4 heterocycles. The van der Waals surface area contributed by atoms with Gasteiger partial charge in [-0.3, -0.25) is 9.48 Å². The maximum Gasteiger partial charge on any atom is 0.416 e. The molecule has 3 aromatic heterocycles. The van der Waals surface area contributed by atoms with E-state index in [1.54, 1.807) is 31.0 Å². The van der Waals surface area contributed by atoms with Crippen molar-refractivity contribution < 1.29 is 22.7 Å². The van der Waals surface area contributed by atoms with Crippen LogP contribution >= 0.6 is 0 Å². The monoisotopic (exact) mass is 442 g/mol. The molecule has 1 aromatic carbocycles. The van der Waals surface area contributed by atoms with Crippen LogP contribution in [0.2, 0.25) is 0 Å². The highest BCUT2D eigenvalue weighted by Gasteiger charge is 2.36. The maximum atomic E-state index is 13.2. The average Bonchev–Trinajstić information content (AvgIpc) is 3.36. The van der Waals surface area contributed by atoms with Gasteiger partial charge in [-0.25, -0.2) is 9.97 Å². The Morgan fingerprint density at radius 2 is 2.03 bits per heavy atom. The molecule has 32 heavy (non-hydrogen) atoms. The quantitative estimate of drug-likeness (QED) is 0.511. The van der Waals surface area contributed by atoms with Crippen LogP contribution in [-0.4, -0.2) is 44.2 Å². The van der Waals surface area contributed by atoms with E-state index in [-0.39, 0.29) is 18.1 Å². The fourth-order valence-corrected chi connectivity index (χ4v) is 3.99. The summed E-state index contributed by atoms with van der Waals surface area (Å²) in [6.45, 7) is 0.0521. The number of nitrogens with zero attached hydrogens (tertiary/aromatic N) is 5. The summed E-state index contributed by atoms with van der Waals surface area (Å²) in [7, 11) is 3.33. The normalized spacial score (nSPS) is 15.7. The molecule has 5 rings (SSSR count). The molecule has 0 bridgehead atoms. The first kappa shape index (κ1) is 20.0. The third-order valence-corrected chi connectivity index (χ3v) is 5.70. The largest absolute Gasteiger partial charge is 0.491 e. The van der Waals surface area contributed by atoms with E-state index in [0.29, 0.717) is 27.7 Å². The Morgan fingerprint density at radius 3 is 2.78 bits per heavy atom. The number of fused-ring (bicyclic) bond motifs is 4. The first-order valence-corrected chi connectivity index (χ1v) is 9.63. The van der Waals surface area contributed by atoms with Crippen LogP contribution in [0.5, 0.6) is 5.75 Å². The van der Waals surface area contributed by atoms with Gasteiger partial charge in [0.1, 0.15) is 23.9 Å². The zero-order valence-electron chi connectivity index (χ0n) is 17.0. The number of pyridine rings is 2. The summed E-state index contributed by atoms with van der Waals surface area (Å²) >= 11 is 0. The van der Waals surface area contributed by atoms with Crippen LogP contribution in [0.25, 0.3) is 21.8 Å². The van der Waals surface area contributed by atoms with Gasteiger partial charge in [0.2, 0.25) is 0 Å². The van der Waals surface area contributed by atoms with Gasteiger partial charge in [-0.15, -0.1) is 0 Å². The number of carbonyl (C=O) groups excluding carboxylic acids is 1. The molecule has 1 atom stereocenters. The van der Waals surface area contributed by atoms with E-state index in [1.807, 2.05) is 0 Å². The number of anilines is 1. The zero-order valence-corrected chi connectivity index (χ0v) is 17.0. The number of nitrogen functional groups attached to an aromatic ring is 1. The number of hydrogen-bond donors (Lipinski definition) is 1. The summed E-state index contributed by atoms with van der Waals surface area (Å²) in [5, 5.41) is 5.54. The van der Waals surface area contributed by atoms with Crippen LogP contribution in [0.15, 0.2) is 36.7 Å². The Morgan fingerprint density at radius 1 is 1.25 bits per heavy atom. The van der Waals surface area contributed by atoms with E-state index in [1.165, 1.54) is 17.2 Å². The topological polar surface area (TPSA) is 99.2 Å². The van der Waals surface area contributed by atoms with Crippen LogP contribution in [0.1, 0.15) is 27.7 Å². The van der Waals surface area contributed by atoms with Gasteiger partial charge in [-0.1, -0.05) is 6.07 Å². The number of ether oxygens (including phenoxy) is 1. The molecule has 1 aliphatic rings. The maximum absolute atomic E-state index is 13.2. The number of hydrogen-bond acceptors (Lipinski definition) is 6. The highest BCUT2D eigenvalue weighted by molar-refractivity contribution is 6.09. The molecule has 164 valence electrons. The number of nitrogens with two attached hydrogens (primary N) is 1. The molecule has 0 unspecified atom stereocenters. The molecule has 2 N–H and O–H groups in total. The van der Waals surface area contributed by atoms with Gasteiger partial charge < -0.3 is 15.4 Å². The first-order chi connectivity index (χ1) is 15.1. The van der Waals surface area contributed by atoms with Gasteiger partial charge >= 0.3 is 6.18 Å². The Hall–Kier alpha value is -3.89. The molecule has 0 radical (unpaired) electrons. The molecule has 0 saturated heterocycles. The average molecular weight is 442 g/mol. The Labute approximate surface area is 179 Å². The van der Waals surface area contributed by atoms with Crippen LogP contribution in [0.3, 0.4) is 0 Å². The van der Waals surface area contributed by atoms with Gasteiger partial charge in [0, 0.05) is 25.0 Å². The molecule has 4 aromatic rings. The van der Waals surface area contributed by atoms with Gasteiger partial charge in [-0.2, -0.15) is 18.3 Å². The number of carbonyl (C=O) groups is 1. The molecule has 1 aliphatic heterocycles. The number of amides is 1. The number of halogens is 3. The summed E-state index contributed by atoms with van der Waals surface area (Å²) in [5.74, 6) is 0.0316. The summed E-state index contributed by atoms with van der Waals surface area (Å²) in [4.78, 5) is 23.2. The summed E-state index contributed by atoms with van der Waals surface area (Å²) < 4.78 is 46.0. The zero-order chi connectivity index (χ0) is 22.8.